The third kappa shape index (κ3) is 0.869. The first-order valence-electron chi connectivity index (χ1n) is 2.47. The van der Waals surface area contributed by atoms with Crippen LogP contribution in [-0.4, -0.2) is 4.09 Å². The van der Waals surface area contributed by atoms with E-state index in [1.165, 1.54) is 0 Å². The van der Waals surface area contributed by atoms with E-state index in [1.54, 1.807) is 10.3 Å². The Morgan fingerprint density at radius 3 is 2.75 bits per heavy atom. The molecule has 1 aromatic heterocycles. The van der Waals surface area contributed by atoms with Crippen molar-refractivity contribution in [1.29, 1.82) is 0 Å². The van der Waals surface area contributed by atoms with Crippen molar-refractivity contribution in [2.75, 3.05) is 0 Å². The largest absolute Gasteiger partial charge is 0.265 e. The first-order chi connectivity index (χ1) is 3.84. The predicted molar refractivity (Wildman–Crippen MR) is 34.8 cm³/mol. The average Bonchev–Trinajstić information content (AvgIpc) is 2.14. The normalized spacial score (nSPS) is 9.75. The summed E-state index contributed by atoms with van der Waals surface area (Å²) in [4.78, 5) is 0. The molecule has 0 atom stereocenters. The molecule has 0 spiro atoms. The van der Waals surface area contributed by atoms with Crippen molar-refractivity contribution in [3.05, 3.63) is 30.4 Å². The zero-order chi connectivity index (χ0) is 5.98. The molecule has 0 aliphatic rings. The van der Waals surface area contributed by atoms with Crippen LogP contribution in [-0.2, 0) is 0 Å². The fourth-order valence-electron chi connectivity index (χ4n) is 0.594. The summed E-state index contributed by atoms with van der Waals surface area (Å²) in [5, 5.41) is 0. The van der Waals surface area contributed by atoms with E-state index in [0.717, 1.165) is 5.69 Å². The van der Waals surface area contributed by atoms with E-state index in [9.17, 15) is 0 Å². The lowest BCUT2D eigenvalue weighted by atomic mass is 10.3. The Labute approximate surface area is 54.0 Å². The Balaban J connectivity index is 2.92. The molecule has 0 amide bonds. The topological polar surface area (TPSA) is 4.93 Å². The molecular formula is C6H7ClN. The third-order valence-corrected chi connectivity index (χ3v) is 1.33. The van der Waals surface area contributed by atoms with E-state index in [0.29, 0.717) is 0 Å². The summed E-state index contributed by atoms with van der Waals surface area (Å²) in [5.74, 6) is 0. The number of halogens is 1. The van der Waals surface area contributed by atoms with Crippen LogP contribution >= 0.6 is 11.8 Å². The van der Waals surface area contributed by atoms with E-state index in [1.807, 2.05) is 25.5 Å². The second kappa shape index (κ2) is 2.23. The molecule has 1 heterocycles. The van der Waals surface area contributed by atoms with Crippen LogP contribution in [0.5, 0.6) is 0 Å². The van der Waals surface area contributed by atoms with Crippen LogP contribution in [0.3, 0.4) is 0 Å². The van der Waals surface area contributed by atoms with Crippen molar-refractivity contribution >= 4 is 11.8 Å². The van der Waals surface area contributed by atoms with Crippen LogP contribution in [0.15, 0.2) is 18.3 Å². The van der Waals surface area contributed by atoms with Gasteiger partial charge in [0.05, 0.1) is 0 Å². The molecule has 1 nitrogen and oxygen atoms in total. The summed E-state index contributed by atoms with van der Waals surface area (Å²) in [6.07, 6.45) is 3.75. The lowest BCUT2D eigenvalue weighted by molar-refractivity contribution is 1.16. The Hall–Kier alpha value is -0.430. The maximum Gasteiger partial charge on any atom is 0.0383 e. The van der Waals surface area contributed by atoms with Gasteiger partial charge in [-0.1, -0.05) is 6.92 Å². The molecular weight excluding hydrogens is 122 g/mol. The quantitative estimate of drug-likeness (QED) is 0.546. The molecule has 0 bridgehead atoms. The number of hydrogen-bond acceptors (Lipinski definition) is 0. The minimum atomic E-state index is 1.03. The highest BCUT2D eigenvalue weighted by Crippen LogP contribution is 2.04. The minimum absolute atomic E-state index is 1.03. The molecule has 0 saturated heterocycles. The standard InChI is InChI=1S/C6H7ClN/c1-2-6-4-3-5-8(6)7/h2-5H,1H3. The Morgan fingerprint density at radius 2 is 2.50 bits per heavy atom. The van der Waals surface area contributed by atoms with Gasteiger partial charge in [-0.05, 0) is 12.1 Å². The van der Waals surface area contributed by atoms with Crippen molar-refractivity contribution < 1.29 is 0 Å². The van der Waals surface area contributed by atoms with E-state index >= 15 is 0 Å². The molecule has 0 aromatic carbocycles. The Bertz CT molecular complexity index is 169. The van der Waals surface area contributed by atoms with Crippen LogP contribution in [0.2, 0.25) is 0 Å². The molecule has 0 N–H and O–H groups in total. The number of rotatable bonds is 1. The average molecular weight is 129 g/mol. The van der Waals surface area contributed by atoms with Gasteiger partial charge < -0.3 is 0 Å². The first-order valence-corrected chi connectivity index (χ1v) is 2.81. The van der Waals surface area contributed by atoms with Gasteiger partial charge >= 0.3 is 0 Å². The summed E-state index contributed by atoms with van der Waals surface area (Å²) in [7, 11) is 0. The van der Waals surface area contributed by atoms with Crippen LogP contribution in [0, 0.1) is 6.42 Å². The van der Waals surface area contributed by atoms with Gasteiger partial charge in [-0.15, -0.1) is 0 Å². The molecule has 0 saturated carbocycles. The fraction of sp³-hybridized carbons (Fsp3) is 0.167. The van der Waals surface area contributed by atoms with Crippen LogP contribution in [0.25, 0.3) is 0 Å². The monoisotopic (exact) mass is 128 g/mol. The minimum Gasteiger partial charge on any atom is -0.265 e. The molecule has 0 unspecified atom stereocenters. The fourth-order valence-corrected chi connectivity index (χ4v) is 0.813. The van der Waals surface area contributed by atoms with Gasteiger partial charge in [-0.25, -0.2) is 0 Å². The smallest absolute Gasteiger partial charge is 0.0383 e. The molecule has 43 valence electrons. The van der Waals surface area contributed by atoms with Crippen molar-refractivity contribution in [3.63, 3.8) is 0 Å². The molecule has 1 aromatic rings. The van der Waals surface area contributed by atoms with Crippen molar-refractivity contribution in [2.45, 2.75) is 6.92 Å². The molecule has 0 aliphatic heterocycles. The van der Waals surface area contributed by atoms with Crippen LogP contribution < -0.4 is 0 Å². The summed E-state index contributed by atoms with van der Waals surface area (Å²) in [6, 6.07) is 3.86. The summed E-state index contributed by atoms with van der Waals surface area (Å²) in [6.45, 7) is 1.95. The highest BCUT2D eigenvalue weighted by molar-refractivity contribution is 6.15. The van der Waals surface area contributed by atoms with Crippen molar-refractivity contribution in [2.24, 2.45) is 0 Å². The third-order valence-electron chi connectivity index (χ3n) is 1.03. The summed E-state index contributed by atoms with van der Waals surface area (Å²) in [5.41, 5.74) is 1.03. The van der Waals surface area contributed by atoms with E-state index in [4.69, 9.17) is 11.8 Å². The van der Waals surface area contributed by atoms with Crippen molar-refractivity contribution in [1.82, 2.24) is 4.09 Å². The lowest BCUT2D eigenvalue weighted by Crippen LogP contribution is -1.81. The summed E-state index contributed by atoms with van der Waals surface area (Å²) < 4.78 is 1.56. The van der Waals surface area contributed by atoms with Gasteiger partial charge in [0.1, 0.15) is 0 Å². The molecule has 0 aliphatic carbocycles. The zero-order valence-corrected chi connectivity index (χ0v) is 5.39. The van der Waals surface area contributed by atoms with Gasteiger partial charge in [-0.2, -0.15) is 0 Å². The second-order valence-corrected chi connectivity index (χ2v) is 1.90. The molecule has 1 radical (unpaired) electrons. The Morgan fingerprint density at radius 1 is 1.75 bits per heavy atom. The predicted octanol–water partition coefficient (Wildman–Crippen LogP) is 2.06. The zero-order valence-electron chi connectivity index (χ0n) is 4.63. The second-order valence-electron chi connectivity index (χ2n) is 1.53. The van der Waals surface area contributed by atoms with Crippen LogP contribution in [0.1, 0.15) is 12.6 Å². The number of aromatic nitrogens is 1. The summed E-state index contributed by atoms with van der Waals surface area (Å²) >= 11 is 5.63. The highest BCUT2D eigenvalue weighted by Gasteiger charge is 1.91. The highest BCUT2D eigenvalue weighted by atomic mass is 35.5. The van der Waals surface area contributed by atoms with E-state index in [2.05, 4.69) is 0 Å². The van der Waals surface area contributed by atoms with E-state index < -0.39 is 0 Å². The SMILES string of the molecule is C[CH]c1cccn1Cl. The molecule has 1 rings (SSSR count). The number of hydrogen-bond donors (Lipinski definition) is 0. The first kappa shape index (κ1) is 5.70. The van der Waals surface area contributed by atoms with Gasteiger partial charge in [-0.3, -0.25) is 4.09 Å². The van der Waals surface area contributed by atoms with Crippen molar-refractivity contribution in [3.8, 4) is 0 Å². The van der Waals surface area contributed by atoms with Gasteiger partial charge in [0.15, 0.2) is 0 Å². The molecule has 2 heteroatoms. The van der Waals surface area contributed by atoms with E-state index in [-0.39, 0.29) is 0 Å². The van der Waals surface area contributed by atoms with Crippen LogP contribution in [0.4, 0.5) is 0 Å². The maximum absolute atomic E-state index is 5.63. The van der Waals surface area contributed by atoms with Gasteiger partial charge in [0, 0.05) is 30.1 Å². The number of nitrogens with zero attached hydrogens (tertiary/aromatic N) is 1. The maximum atomic E-state index is 5.63. The molecule has 0 fully saturated rings. The molecule has 8 heavy (non-hydrogen) atoms. The van der Waals surface area contributed by atoms with Gasteiger partial charge in [0.2, 0.25) is 0 Å². The lowest BCUT2D eigenvalue weighted by Gasteiger charge is -1.91. The Kier molecular flexibility index (Phi) is 1.59. The van der Waals surface area contributed by atoms with Gasteiger partial charge in [0.25, 0.3) is 0 Å².